The number of carbonyl (C=O) groups excluding carboxylic acids is 2. The average Bonchev–Trinajstić information content (AvgIpc) is 3.24. The van der Waals surface area contributed by atoms with Crippen molar-refractivity contribution in [1.82, 2.24) is 4.98 Å². The van der Waals surface area contributed by atoms with Crippen LogP contribution in [-0.4, -0.2) is 33.6 Å². The highest BCUT2D eigenvalue weighted by Gasteiger charge is 2.46. The quantitative estimate of drug-likeness (QED) is 0.201. The first-order chi connectivity index (χ1) is 21.3. The molecular formula is C34H34ClN3O6S2. The van der Waals surface area contributed by atoms with Crippen LogP contribution in [0, 0.1) is 6.92 Å². The number of amides is 2. The van der Waals surface area contributed by atoms with Crippen molar-refractivity contribution in [1.29, 1.82) is 0 Å². The first-order valence-electron chi connectivity index (χ1n) is 14.4. The van der Waals surface area contributed by atoms with Gasteiger partial charge in [0.2, 0.25) is 0 Å². The van der Waals surface area contributed by atoms with Gasteiger partial charge in [-0.25, -0.2) is 21.7 Å². The van der Waals surface area contributed by atoms with Gasteiger partial charge < -0.3 is 0 Å². The zero-order chi connectivity index (χ0) is 34.0. The molecular weight excluding hydrogens is 646 g/mol. The van der Waals surface area contributed by atoms with Gasteiger partial charge in [-0.05, 0) is 77.4 Å². The second-order valence-corrected chi connectivity index (χ2v) is 17.3. The van der Waals surface area contributed by atoms with Crippen LogP contribution in [0.4, 0.5) is 11.4 Å². The Labute approximate surface area is 274 Å². The first kappa shape index (κ1) is 33.3. The zero-order valence-corrected chi connectivity index (χ0v) is 28.9. The number of hydrogen-bond acceptors (Lipinski definition) is 7. The van der Waals surface area contributed by atoms with Gasteiger partial charge in [0.15, 0.2) is 0 Å². The fraction of sp³-hybridized carbons (Fsp3) is 0.265. The van der Waals surface area contributed by atoms with Crippen LogP contribution in [0.2, 0.25) is 5.02 Å². The second kappa shape index (κ2) is 11.3. The van der Waals surface area contributed by atoms with E-state index in [-0.39, 0.29) is 40.6 Å². The number of sulfonamides is 2. The van der Waals surface area contributed by atoms with Crippen molar-refractivity contribution in [3.63, 3.8) is 0 Å². The van der Waals surface area contributed by atoms with Gasteiger partial charge in [-0.2, -0.15) is 3.71 Å². The summed E-state index contributed by atoms with van der Waals surface area (Å²) >= 11 is 6.45. The van der Waals surface area contributed by atoms with E-state index in [4.69, 9.17) is 11.6 Å². The summed E-state index contributed by atoms with van der Waals surface area (Å²) in [5.74, 6) is -1.77. The molecule has 0 saturated carbocycles. The van der Waals surface area contributed by atoms with Gasteiger partial charge in [0.25, 0.3) is 31.9 Å². The average molecular weight is 680 g/mol. The summed E-state index contributed by atoms with van der Waals surface area (Å²) in [7, 11) is -9.84. The van der Waals surface area contributed by atoms with Crippen molar-refractivity contribution >= 4 is 54.8 Å². The molecule has 5 rings (SSSR count). The maximum absolute atomic E-state index is 14.5. The highest BCUT2D eigenvalue weighted by Crippen LogP contribution is 2.42. The highest BCUT2D eigenvalue weighted by atomic mass is 35.5. The van der Waals surface area contributed by atoms with Crippen LogP contribution in [0.15, 0.2) is 88.8 Å². The Balaban J connectivity index is 1.78. The molecule has 0 radical (unpaired) electrons. The summed E-state index contributed by atoms with van der Waals surface area (Å²) in [5, 5.41) is -0.139. The van der Waals surface area contributed by atoms with E-state index in [2.05, 4.69) is 4.98 Å². The minimum Gasteiger partial charge on any atom is -0.268 e. The fourth-order valence-electron chi connectivity index (χ4n) is 5.22. The first-order valence-corrected chi connectivity index (χ1v) is 17.7. The minimum absolute atomic E-state index is 0.139. The molecule has 2 amide bonds. The molecule has 9 nitrogen and oxygen atoms in total. The predicted molar refractivity (Wildman–Crippen MR) is 179 cm³/mol. The molecule has 240 valence electrons. The number of aromatic nitrogens is 1. The number of nitrogens with zero attached hydrogens (tertiary/aromatic N) is 3. The summed E-state index contributed by atoms with van der Waals surface area (Å²) in [6.45, 7) is 13.4. The van der Waals surface area contributed by atoms with Crippen LogP contribution in [0.25, 0.3) is 0 Å². The van der Waals surface area contributed by atoms with E-state index >= 15 is 0 Å². The molecule has 1 aliphatic heterocycles. The van der Waals surface area contributed by atoms with Gasteiger partial charge in [0.05, 0.1) is 43.0 Å². The standard InChI is InChI=1S/C34H34ClN3O6S2/c1-21-27(9-8-20-36-21)37-31(39)29-26(35)18-19-28(30(29)32(37)40)38(45(41,42)24-14-10-22(11-15-24)33(2,3)4)46(43,44)25-16-12-23(13-17-25)34(5,6)7/h8-20H,1-7H3. The molecule has 0 fully saturated rings. The summed E-state index contributed by atoms with van der Waals surface area (Å²) in [6, 6.07) is 17.2. The van der Waals surface area contributed by atoms with Crippen LogP contribution in [0.5, 0.6) is 0 Å². The smallest absolute Gasteiger partial charge is 0.268 e. The van der Waals surface area contributed by atoms with E-state index in [1.165, 1.54) is 48.7 Å². The number of benzene rings is 3. The maximum atomic E-state index is 14.5. The van der Waals surface area contributed by atoms with Crippen molar-refractivity contribution in [2.45, 2.75) is 69.1 Å². The molecule has 0 saturated heterocycles. The van der Waals surface area contributed by atoms with Crippen LogP contribution in [0.1, 0.15) is 79.1 Å². The minimum atomic E-state index is -4.92. The van der Waals surface area contributed by atoms with E-state index < -0.39 is 43.1 Å². The third-order valence-corrected chi connectivity index (χ3v) is 12.4. The number of halogens is 1. The van der Waals surface area contributed by atoms with Gasteiger partial charge >= 0.3 is 0 Å². The molecule has 0 atom stereocenters. The molecule has 12 heteroatoms. The van der Waals surface area contributed by atoms with Gasteiger partial charge in [-0.1, -0.05) is 77.4 Å². The number of imide groups is 1. The molecule has 0 spiro atoms. The lowest BCUT2D eigenvalue weighted by Gasteiger charge is -2.27. The zero-order valence-electron chi connectivity index (χ0n) is 26.5. The molecule has 0 unspecified atom stereocenters. The molecule has 1 aliphatic rings. The summed E-state index contributed by atoms with van der Waals surface area (Å²) in [6.07, 6.45) is 1.49. The number of carbonyl (C=O) groups is 2. The lowest BCUT2D eigenvalue weighted by Crippen LogP contribution is -2.38. The van der Waals surface area contributed by atoms with E-state index in [1.807, 2.05) is 41.5 Å². The van der Waals surface area contributed by atoms with Crippen molar-refractivity contribution in [3.05, 3.63) is 112 Å². The molecule has 46 heavy (non-hydrogen) atoms. The van der Waals surface area contributed by atoms with Crippen LogP contribution in [0.3, 0.4) is 0 Å². The monoisotopic (exact) mass is 679 g/mol. The van der Waals surface area contributed by atoms with Crippen LogP contribution in [-0.2, 0) is 30.9 Å². The molecule has 0 bridgehead atoms. The number of fused-ring (bicyclic) bond motifs is 1. The molecule has 3 aromatic carbocycles. The number of aryl methyl sites for hydroxylation is 1. The molecule has 4 aromatic rings. The SMILES string of the molecule is Cc1ncccc1N1C(=O)c2c(Cl)ccc(N(S(=O)(=O)c3ccc(C(C)(C)C)cc3)S(=O)(=O)c3ccc(C(C)(C)C)cc3)c2C1=O. The summed E-state index contributed by atoms with van der Waals surface area (Å²) in [4.78, 5) is 32.2. The van der Waals surface area contributed by atoms with Crippen molar-refractivity contribution in [2.75, 3.05) is 8.61 Å². The molecule has 0 N–H and O–H groups in total. The Bertz CT molecular complexity index is 2010. The van der Waals surface area contributed by atoms with Crippen LogP contribution >= 0.6 is 11.6 Å². The second-order valence-electron chi connectivity index (χ2n) is 13.1. The van der Waals surface area contributed by atoms with Gasteiger partial charge in [-0.15, -0.1) is 0 Å². The number of hydrogen-bond donors (Lipinski definition) is 0. The van der Waals surface area contributed by atoms with E-state index in [0.29, 0.717) is 5.69 Å². The van der Waals surface area contributed by atoms with E-state index in [1.54, 1.807) is 31.2 Å². The summed E-state index contributed by atoms with van der Waals surface area (Å²) < 4.78 is 58.3. The third kappa shape index (κ3) is 5.61. The van der Waals surface area contributed by atoms with Gasteiger partial charge in [0.1, 0.15) is 0 Å². The topological polar surface area (TPSA) is 122 Å². The third-order valence-electron chi connectivity index (χ3n) is 7.86. The van der Waals surface area contributed by atoms with Gasteiger partial charge in [-0.3, -0.25) is 14.6 Å². The number of rotatable bonds is 6. The Morgan fingerprint density at radius 1 is 0.674 bits per heavy atom. The maximum Gasteiger partial charge on any atom is 0.277 e. The molecule has 1 aromatic heterocycles. The fourth-order valence-corrected chi connectivity index (χ4v) is 9.18. The van der Waals surface area contributed by atoms with E-state index in [9.17, 15) is 26.4 Å². The molecule has 2 heterocycles. The lowest BCUT2D eigenvalue weighted by atomic mass is 9.87. The Morgan fingerprint density at radius 3 is 1.57 bits per heavy atom. The Kier molecular flexibility index (Phi) is 8.20. The highest BCUT2D eigenvalue weighted by molar-refractivity contribution is 8.10. The van der Waals surface area contributed by atoms with Crippen LogP contribution < -0.4 is 8.61 Å². The lowest BCUT2D eigenvalue weighted by molar-refractivity contribution is 0.0926. The van der Waals surface area contributed by atoms with E-state index in [0.717, 1.165) is 22.1 Å². The number of anilines is 2. The van der Waals surface area contributed by atoms with Crippen molar-refractivity contribution < 1.29 is 26.4 Å². The normalized spacial score (nSPS) is 14.0. The largest absolute Gasteiger partial charge is 0.277 e. The van der Waals surface area contributed by atoms with Crippen molar-refractivity contribution in [2.24, 2.45) is 0 Å². The van der Waals surface area contributed by atoms with Gasteiger partial charge in [0, 0.05) is 6.20 Å². The molecule has 0 aliphatic carbocycles. The predicted octanol–water partition coefficient (Wildman–Crippen LogP) is 7.02. The number of pyridine rings is 1. The Morgan fingerprint density at radius 2 is 1.13 bits per heavy atom. The summed E-state index contributed by atoms with van der Waals surface area (Å²) in [5.41, 5.74) is 0.263. The Hall–Kier alpha value is -4.06. The van der Waals surface area contributed by atoms with Crippen molar-refractivity contribution in [3.8, 4) is 0 Å².